The van der Waals surface area contributed by atoms with Gasteiger partial charge in [0.25, 0.3) is 0 Å². The monoisotopic (exact) mass is 225 g/mol. The van der Waals surface area contributed by atoms with Gasteiger partial charge in [0.15, 0.2) is 0 Å². The van der Waals surface area contributed by atoms with Gasteiger partial charge < -0.3 is 4.74 Å². The largest absolute Gasteiger partial charge is 0.379 e. The maximum absolute atomic E-state index is 5.40. The van der Waals surface area contributed by atoms with Crippen molar-refractivity contribution in [2.45, 2.75) is 39.5 Å². The van der Waals surface area contributed by atoms with Crippen LogP contribution in [0.25, 0.3) is 0 Å². The zero-order valence-electron chi connectivity index (χ0n) is 11.0. The molecule has 1 saturated heterocycles. The van der Waals surface area contributed by atoms with Gasteiger partial charge in [0.05, 0.1) is 13.2 Å². The van der Waals surface area contributed by atoms with Crippen LogP contribution in [0, 0.1) is 17.8 Å². The molecule has 2 rings (SSSR count). The number of nitrogens with zero attached hydrogens (tertiary/aromatic N) is 1. The second kappa shape index (κ2) is 6.02. The van der Waals surface area contributed by atoms with Gasteiger partial charge in [-0.15, -0.1) is 0 Å². The van der Waals surface area contributed by atoms with E-state index in [0.29, 0.717) is 0 Å². The molecule has 0 aromatic heterocycles. The average Bonchev–Trinajstić information content (AvgIpc) is 2.31. The summed E-state index contributed by atoms with van der Waals surface area (Å²) in [5, 5.41) is 0. The zero-order chi connectivity index (χ0) is 11.4. The highest BCUT2D eigenvalue weighted by Crippen LogP contribution is 2.33. The number of hydrogen-bond donors (Lipinski definition) is 0. The number of rotatable bonds is 3. The summed E-state index contributed by atoms with van der Waals surface area (Å²) in [4.78, 5) is 2.60. The second-order valence-corrected chi connectivity index (χ2v) is 5.94. The molecule has 0 spiro atoms. The molecule has 0 aromatic carbocycles. The fourth-order valence-corrected chi connectivity index (χ4v) is 3.19. The van der Waals surface area contributed by atoms with Crippen LogP contribution < -0.4 is 0 Å². The molecule has 2 heteroatoms. The first-order valence-corrected chi connectivity index (χ1v) is 7.06. The highest BCUT2D eigenvalue weighted by atomic mass is 16.5. The molecule has 1 saturated carbocycles. The Morgan fingerprint density at radius 2 is 1.69 bits per heavy atom. The van der Waals surface area contributed by atoms with Gasteiger partial charge in [0.1, 0.15) is 0 Å². The van der Waals surface area contributed by atoms with Gasteiger partial charge in [-0.1, -0.05) is 13.8 Å². The Morgan fingerprint density at radius 1 is 1.06 bits per heavy atom. The van der Waals surface area contributed by atoms with Crippen molar-refractivity contribution in [2.24, 2.45) is 17.8 Å². The lowest BCUT2D eigenvalue weighted by atomic mass is 9.77. The van der Waals surface area contributed by atoms with E-state index in [4.69, 9.17) is 4.74 Å². The summed E-state index contributed by atoms with van der Waals surface area (Å²) in [6.45, 7) is 10.3. The molecule has 2 aliphatic rings. The van der Waals surface area contributed by atoms with Crippen molar-refractivity contribution in [3.05, 3.63) is 0 Å². The standard InChI is InChI=1S/C14H27NO/c1-12(2)14-5-3-13(4-6-14)11-15-7-9-16-10-8-15/h12-14H,3-11H2,1-2H3/t13-,14+. The molecule has 1 aliphatic carbocycles. The van der Waals surface area contributed by atoms with E-state index in [2.05, 4.69) is 18.7 Å². The van der Waals surface area contributed by atoms with Gasteiger partial charge in [-0.2, -0.15) is 0 Å². The summed E-state index contributed by atoms with van der Waals surface area (Å²) in [7, 11) is 0. The van der Waals surface area contributed by atoms with E-state index in [9.17, 15) is 0 Å². The van der Waals surface area contributed by atoms with Crippen molar-refractivity contribution in [3.63, 3.8) is 0 Å². The molecule has 2 nitrogen and oxygen atoms in total. The van der Waals surface area contributed by atoms with Crippen molar-refractivity contribution in [3.8, 4) is 0 Å². The first-order chi connectivity index (χ1) is 7.75. The summed E-state index contributed by atoms with van der Waals surface area (Å²) < 4.78 is 5.40. The van der Waals surface area contributed by atoms with Gasteiger partial charge in [0, 0.05) is 19.6 Å². The molecule has 2 fully saturated rings. The summed E-state index contributed by atoms with van der Waals surface area (Å²) >= 11 is 0. The molecular formula is C14H27NO. The van der Waals surface area contributed by atoms with Crippen molar-refractivity contribution >= 4 is 0 Å². The third-order valence-corrected chi connectivity index (χ3v) is 4.45. The third kappa shape index (κ3) is 3.46. The zero-order valence-corrected chi connectivity index (χ0v) is 11.0. The minimum absolute atomic E-state index is 0.893. The summed E-state index contributed by atoms with van der Waals surface area (Å²) in [5.74, 6) is 2.86. The first-order valence-electron chi connectivity index (χ1n) is 7.06. The van der Waals surface area contributed by atoms with Gasteiger partial charge in [-0.05, 0) is 43.4 Å². The molecule has 1 heterocycles. The van der Waals surface area contributed by atoms with E-state index >= 15 is 0 Å². The lowest BCUT2D eigenvalue weighted by Crippen LogP contribution is -2.40. The van der Waals surface area contributed by atoms with Gasteiger partial charge in [0.2, 0.25) is 0 Å². The molecule has 0 bridgehead atoms. The molecule has 16 heavy (non-hydrogen) atoms. The SMILES string of the molecule is CC(C)[C@H]1CC[C@@H](CN2CCOCC2)CC1. The fourth-order valence-electron chi connectivity index (χ4n) is 3.19. The second-order valence-electron chi connectivity index (χ2n) is 5.94. The maximum atomic E-state index is 5.40. The Balaban J connectivity index is 1.68. The van der Waals surface area contributed by atoms with Crippen LogP contribution in [0.3, 0.4) is 0 Å². The Morgan fingerprint density at radius 3 is 2.25 bits per heavy atom. The molecule has 0 aromatic rings. The Bertz CT molecular complexity index is 191. The van der Waals surface area contributed by atoms with Crippen LogP contribution in [0.15, 0.2) is 0 Å². The van der Waals surface area contributed by atoms with Crippen LogP contribution in [0.2, 0.25) is 0 Å². The summed E-state index contributed by atoms with van der Waals surface area (Å²) in [6, 6.07) is 0. The minimum Gasteiger partial charge on any atom is -0.379 e. The van der Waals surface area contributed by atoms with Crippen LogP contribution >= 0.6 is 0 Å². The number of morpholine rings is 1. The van der Waals surface area contributed by atoms with E-state index in [1.807, 2.05) is 0 Å². The molecule has 94 valence electrons. The lowest BCUT2D eigenvalue weighted by Gasteiger charge is -2.35. The Kier molecular flexibility index (Phi) is 4.66. The van der Waals surface area contributed by atoms with Crippen molar-refractivity contribution in [2.75, 3.05) is 32.8 Å². The molecular weight excluding hydrogens is 198 g/mol. The molecule has 0 radical (unpaired) electrons. The van der Waals surface area contributed by atoms with Gasteiger partial charge in [-0.3, -0.25) is 4.90 Å². The van der Waals surface area contributed by atoms with Crippen molar-refractivity contribution in [1.82, 2.24) is 4.90 Å². The molecule has 1 aliphatic heterocycles. The van der Waals surface area contributed by atoms with Crippen molar-refractivity contribution < 1.29 is 4.74 Å². The predicted octanol–water partition coefficient (Wildman–Crippen LogP) is 2.78. The highest BCUT2D eigenvalue weighted by molar-refractivity contribution is 4.77. The van der Waals surface area contributed by atoms with E-state index in [0.717, 1.165) is 44.1 Å². The molecule has 0 unspecified atom stereocenters. The van der Waals surface area contributed by atoms with Crippen LogP contribution in [0.4, 0.5) is 0 Å². The number of ether oxygens (including phenoxy) is 1. The Labute approximate surface area is 100 Å². The minimum atomic E-state index is 0.893. The maximum Gasteiger partial charge on any atom is 0.0594 e. The van der Waals surface area contributed by atoms with Crippen LogP contribution in [0.5, 0.6) is 0 Å². The highest BCUT2D eigenvalue weighted by Gasteiger charge is 2.25. The van der Waals surface area contributed by atoms with Gasteiger partial charge in [-0.25, -0.2) is 0 Å². The van der Waals surface area contributed by atoms with E-state index in [-0.39, 0.29) is 0 Å². The van der Waals surface area contributed by atoms with Crippen LogP contribution in [0.1, 0.15) is 39.5 Å². The van der Waals surface area contributed by atoms with Gasteiger partial charge >= 0.3 is 0 Å². The van der Waals surface area contributed by atoms with E-state index < -0.39 is 0 Å². The first kappa shape index (κ1) is 12.4. The van der Waals surface area contributed by atoms with E-state index in [1.54, 1.807) is 0 Å². The Hall–Kier alpha value is -0.0800. The summed E-state index contributed by atoms with van der Waals surface area (Å²) in [5.41, 5.74) is 0. The topological polar surface area (TPSA) is 12.5 Å². The van der Waals surface area contributed by atoms with Crippen LogP contribution in [-0.4, -0.2) is 37.7 Å². The predicted molar refractivity (Wildman–Crippen MR) is 67.5 cm³/mol. The quantitative estimate of drug-likeness (QED) is 0.732. The summed E-state index contributed by atoms with van der Waals surface area (Å²) in [6.07, 6.45) is 5.85. The lowest BCUT2D eigenvalue weighted by molar-refractivity contribution is 0.0256. The fraction of sp³-hybridized carbons (Fsp3) is 1.00. The molecule has 0 N–H and O–H groups in total. The smallest absolute Gasteiger partial charge is 0.0594 e. The molecule has 0 atom stereocenters. The average molecular weight is 225 g/mol. The number of hydrogen-bond acceptors (Lipinski definition) is 2. The van der Waals surface area contributed by atoms with Crippen molar-refractivity contribution in [1.29, 1.82) is 0 Å². The normalized spacial score (nSPS) is 33.2. The van der Waals surface area contributed by atoms with Crippen LogP contribution in [-0.2, 0) is 4.74 Å². The molecule has 0 amide bonds. The van der Waals surface area contributed by atoms with E-state index in [1.165, 1.54) is 32.2 Å². The third-order valence-electron chi connectivity index (χ3n) is 4.45.